The first kappa shape index (κ1) is 34.2. The minimum Gasteiger partial charge on any atom is -0.507 e. The molecule has 8 rings (SSSR count). The highest BCUT2D eigenvalue weighted by Crippen LogP contribution is 2.65. The number of carboxylic acids is 1. The zero-order valence-corrected chi connectivity index (χ0v) is 29.1. The van der Waals surface area contributed by atoms with Crippen LogP contribution >= 0.6 is 11.6 Å². The lowest BCUT2D eigenvalue weighted by molar-refractivity contribution is -0.127. The molecule has 4 aromatic rings. The first-order valence-electron chi connectivity index (χ1n) is 17.3. The van der Waals surface area contributed by atoms with E-state index in [0.717, 1.165) is 21.9 Å². The number of rotatable bonds is 7. The number of hydrogen-bond acceptors (Lipinski definition) is 8. The molecule has 11 nitrogen and oxygen atoms in total. The van der Waals surface area contributed by atoms with Gasteiger partial charge in [-0.1, -0.05) is 71.8 Å². The fourth-order valence-electron chi connectivity index (χ4n) is 9.23. The Morgan fingerprint density at radius 1 is 0.849 bits per heavy atom. The number of para-hydroxylation sites is 1. The predicted molar refractivity (Wildman–Crippen MR) is 193 cm³/mol. The molecule has 4 amide bonds. The lowest BCUT2D eigenvalue weighted by Crippen LogP contribution is -2.53. The number of nitrogens with zero attached hydrogens (tertiary/aromatic N) is 2. The van der Waals surface area contributed by atoms with E-state index in [-0.39, 0.29) is 47.9 Å². The number of hydrogen-bond donors (Lipinski definition) is 3. The number of amides is 4. The number of carbonyl (C=O) groups excluding carboxylic acids is 4. The molecule has 2 saturated heterocycles. The maximum atomic E-state index is 15.4. The third-order valence-electron chi connectivity index (χ3n) is 11.3. The van der Waals surface area contributed by atoms with Gasteiger partial charge in [-0.05, 0) is 67.6 Å². The summed E-state index contributed by atoms with van der Waals surface area (Å²) in [7, 11) is 0. The van der Waals surface area contributed by atoms with E-state index < -0.39 is 70.4 Å². The van der Waals surface area contributed by atoms with E-state index in [9.17, 15) is 34.5 Å². The van der Waals surface area contributed by atoms with Crippen molar-refractivity contribution in [2.24, 2.45) is 23.7 Å². The third kappa shape index (κ3) is 4.90. The molecular weight excluding hydrogens is 700 g/mol. The van der Waals surface area contributed by atoms with Crippen LogP contribution in [-0.2, 0) is 24.6 Å². The molecule has 4 aromatic carbocycles. The van der Waals surface area contributed by atoms with Crippen molar-refractivity contribution < 1.29 is 44.0 Å². The highest BCUT2D eigenvalue weighted by atomic mass is 35.5. The Hall–Kier alpha value is -5.94. The van der Waals surface area contributed by atoms with Crippen molar-refractivity contribution in [2.75, 3.05) is 16.4 Å². The van der Waals surface area contributed by atoms with E-state index in [2.05, 4.69) is 0 Å². The molecule has 6 unspecified atom stereocenters. The number of aromatic hydroxyl groups is 2. The quantitative estimate of drug-likeness (QED) is 0.148. The summed E-state index contributed by atoms with van der Waals surface area (Å²) < 4.78 is 5.79. The average Bonchev–Trinajstić information content (AvgIpc) is 3.53. The highest BCUT2D eigenvalue weighted by Gasteiger charge is 2.70. The van der Waals surface area contributed by atoms with Crippen molar-refractivity contribution in [1.29, 1.82) is 0 Å². The number of fused-ring (bicyclic) bond motifs is 4. The van der Waals surface area contributed by atoms with Gasteiger partial charge in [-0.2, -0.15) is 0 Å². The summed E-state index contributed by atoms with van der Waals surface area (Å²) in [6.07, 6.45) is 2.01. The molecular formula is C41H33ClN2O9. The molecule has 0 bridgehead atoms. The molecule has 3 N–H and O–H groups in total. The van der Waals surface area contributed by atoms with Crippen LogP contribution in [0.25, 0.3) is 0 Å². The van der Waals surface area contributed by atoms with Gasteiger partial charge < -0.3 is 20.1 Å². The summed E-state index contributed by atoms with van der Waals surface area (Å²) in [6.45, 7) is 2.03. The molecule has 1 saturated carbocycles. The standard InChI is InChI=1S/C41H33ClN2O9/c1-2-53-32-13-7-12-28(35(32)46)34-25-16-17-27-33(38(49)43(36(27)47)24-14-15-26(39(50)51)31(45)19-24)29(25)20-30-37(48)44(23-11-6-10-22(42)18-23)40(52)41(30,34)21-8-4-3-5-9-21/h3-16,18-19,27,29-30,33-34,45-46H,2,17,20H2,1H3,(H,50,51). The van der Waals surface area contributed by atoms with Crippen LogP contribution < -0.4 is 14.5 Å². The molecule has 0 spiro atoms. The lowest BCUT2D eigenvalue weighted by Gasteiger charge is -2.50. The Morgan fingerprint density at radius 2 is 1.58 bits per heavy atom. The summed E-state index contributed by atoms with van der Waals surface area (Å²) in [5, 5.41) is 32.1. The maximum absolute atomic E-state index is 15.4. The minimum atomic E-state index is -1.60. The minimum absolute atomic E-state index is 0.0192. The molecule has 6 atom stereocenters. The van der Waals surface area contributed by atoms with Gasteiger partial charge in [0.1, 0.15) is 11.3 Å². The fraction of sp³-hybridized carbons (Fsp3) is 0.244. The van der Waals surface area contributed by atoms with E-state index in [0.29, 0.717) is 21.7 Å². The van der Waals surface area contributed by atoms with Crippen LogP contribution in [0, 0.1) is 23.7 Å². The van der Waals surface area contributed by atoms with Gasteiger partial charge >= 0.3 is 5.97 Å². The van der Waals surface area contributed by atoms with E-state index in [1.165, 1.54) is 6.07 Å². The lowest BCUT2D eigenvalue weighted by atomic mass is 9.49. The van der Waals surface area contributed by atoms with Crippen molar-refractivity contribution in [3.8, 4) is 17.2 Å². The second kappa shape index (κ2) is 12.6. The smallest absolute Gasteiger partial charge is 0.339 e. The summed E-state index contributed by atoms with van der Waals surface area (Å²) in [5.74, 6) is -8.64. The number of carboxylic acid groups (broad SMARTS) is 1. The molecule has 4 aliphatic rings. The van der Waals surface area contributed by atoms with Gasteiger partial charge in [0.15, 0.2) is 11.5 Å². The Kier molecular flexibility index (Phi) is 8.14. The molecule has 2 heterocycles. The summed E-state index contributed by atoms with van der Waals surface area (Å²) >= 11 is 6.38. The monoisotopic (exact) mass is 732 g/mol. The number of halogens is 1. The zero-order chi connectivity index (χ0) is 37.3. The van der Waals surface area contributed by atoms with Gasteiger partial charge in [-0.25, -0.2) is 14.6 Å². The van der Waals surface area contributed by atoms with Crippen molar-refractivity contribution in [3.63, 3.8) is 0 Å². The van der Waals surface area contributed by atoms with Crippen molar-refractivity contribution in [1.82, 2.24) is 0 Å². The molecule has 0 aromatic heterocycles. The van der Waals surface area contributed by atoms with Crippen molar-refractivity contribution >= 4 is 52.6 Å². The van der Waals surface area contributed by atoms with Crippen LogP contribution in [0.5, 0.6) is 17.2 Å². The number of imide groups is 2. The van der Waals surface area contributed by atoms with Crippen LogP contribution in [0.3, 0.4) is 0 Å². The molecule has 12 heteroatoms. The van der Waals surface area contributed by atoms with Crippen LogP contribution in [0.1, 0.15) is 47.2 Å². The first-order valence-corrected chi connectivity index (χ1v) is 17.7. The highest BCUT2D eigenvalue weighted by molar-refractivity contribution is 6.32. The summed E-state index contributed by atoms with van der Waals surface area (Å²) in [5.41, 5.74) is -0.171. The number of anilines is 2. The third-order valence-corrected chi connectivity index (χ3v) is 11.5. The van der Waals surface area contributed by atoms with Crippen molar-refractivity contribution in [2.45, 2.75) is 31.1 Å². The molecule has 0 radical (unpaired) electrons. The number of phenols is 2. The van der Waals surface area contributed by atoms with Gasteiger partial charge in [0.05, 0.1) is 41.2 Å². The van der Waals surface area contributed by atoms with E-state index in [1.807, 2.05) is 12.1 Å². The zero-order valence-electron chi connectivity index (χ0n) is 28.3. The predicted octanol–water partition coefficient (Wildman–Crippen LogP) is 6.22. The van der Waals surface area contributed by atoms with Crippen LogP contribution in [-0.4, -0.2) is 51.5 Å². The van der Waals surface area contributed by atoms with E-state index in [1.54, 1.807) is 73.7 Å². The number of benzene rings is 4. The van der Waals surface area contributed by atoms with Crippen LogP contribution in [0.15, 0.2) is 103 Å². The topological polar surface area (TPSA) is 162 Å². The SMILES string of the molecule is CCOc1cccc(C2C3=CCC4C(=O)N(c5ccc(C(=O)O)c(O)c5)C(=O)C4C3CC3C(=O)N(c4cccc(Cl)c4)C(=O)C32c2ccccc2)c1O. The summed E-state index contributed by atoms with van der Waals surface area (Å²) in [4.78, 5) is 72.6. The number of allylic oxidation sites excluding steroid dienone is 2. The molecule has 2 aliphatic heterocycles. The maximum Gasteiger partial charge on any atom is 0.339 e. The second-order valence-corrected chi connectivity index (χ2v) is 14.2. The molecule has 2 aliphatic carbocycles. The van der Waals surface area contributed by atoms with Crippen molar-refractivity contribution in [3.05, 3.63) is 124 Å². The van der Waals surface area contributed by atoms with Gasteiger partial charge in [0, 0.05) is 22.6 Å². The van der Waals surface area contributed by atoms with Gasteiger partial charge in [-0.15, -0.1) is 0 Å². The van der Waals surface area contributed by atoms with Crippen LogP contribution in [0.2, 0.25) is 5.02 Å². The Labute approximate surface area is 308 Å². The molecule has 53 heavy (non-hydrogen) atoms. The number of phenolic OH excluding ortho intramolecular Hbond substituents is 1. The number of ether oxygens (including phenoxy) is 1. The first-order chi connectivity index (χ1) is 25.5. The largest absolute Gasteiger partial charge is 0.507 e. The normalized spacial score (nSPS) is 26.2. The Balaban J connectivity index is 1.34. The molecule has 3 fully saturated rings. The molecule has 268 valence electrons. The van der Waals surface area contributed by atoms with E-state index >= 15 is 4.79 Å². The van der Waals surface area contributed by atoms with Crippen LogP contribution in [0.4, 0.5) is 11.4 Å². The number of aromatic carboxylic acids is 1. The van der Waals surface area contributed by atoms with E-state index in [4.69, 9.17) is 16.3 Å². The summed E-state index contributed by atoms with van der Waals surface area (Å²) in [6, 6.07) is 23.9. The fourth-order valence-corrected chi connectivity index (χ4v) is 9.41. The second-order valence-electron chi connectivity index (χ2n) is 13.7. The Bertz CT molecular complexity index is 2270. The Morgan fingerprint density at radius 3 is 2.28 bits per heavy atom. The van der Waals surface area contributed by atoms with Gasteiger partial charge in [-0.3, -0.25) is 19.2 Å². The van der Waals surface area contributed by atoms with Gasteiger partial charge in [0.25, 0.3) is 0 Å². The van der Waals surface area contributed by atoms with Gasteiger partial charge in [0.2, 0.25) is 23.6 Å². The average molecular weight is 733 g/mol. The number of carbonyl (C=O) groups is 5.